The Bertz CT molecular complexity index is 131. The Kier molecular flexibility index (Phi) is 15.1. The second-order valence-electron chi connectivity index (χ2n) is 3.78. The molecule has 3 nitrogen and oxygen atoms in total. The van der Waals surface area contributed by atoms with Crippen LogP contribution in [0.5, 0.6) is 0 Å². The van der Waals surface area contributed by atoms with E-state index in [-0.39, 0.29) is 6.10 Å². The van der Waals surface area contributed by atoms with Gasteiger partial charge in [-0.3, -0.25) is 4.79 Å². The fraction of sp³-hybridized carbons (Fsp3) is 0.917. The van der Waals surface area contributed by atoms with E-state index in [1.165, 1.54) is 32.1 Å². The molecule has 0 fully saturated rings. The molecule has 0 radical (unpaired) electrons. The predicted octanol–water partition coefficient (Wildman–Crippen LogP) is 3.21. The fourth-order valence-electron chi connectivity index (χ4n) is 1.19. The maximum Gasteiger partial charge on any atom is 0.300 e. The van der Waals surface area contributed by atoms with Crippen LogP contribution >= 0.6 is 0 Å². The largest absolute Gasteiger partial charge is 0.481 e. The molecule has 0 saturated heterocycles. The van der Waals surface area contributed by atoms with Gasteiger partial charge in [-0.25, -0.2) is 0 Å². The summed E-state index contributed by atoms with van der Waals surface area (Å²) in [7, 11) is 0. The van der Waals surface area contributed by atoms with Gasteiger partial charge in [0, 0.05) is 6.92 Å². The van der Waals surface area contributed by atoms with Gasteiger partial charge in [-0.05, 0) is 12.8 Å². The molecule has 1 unspecified atom stereocenters. The summed E-state index contributed by atoms with van der Waals surface area (Å²) in [5.74, 6) is -0.833. The van der Waals surface area contributed by atoms with Crippen molar-refractivity contribution in [2.75, 3.05) is 0 Å². The monoisotopic (exact) mass is 218 g/mol. The summed E-state index contributed by atoms with van der Waals surface area (Å²) in [6, 6.07) is 0. The smallest absolute Gasteiger partial charge is 0.300 e. The lowest BCUT2D eigenvalue weighted by Gasteiger charge is -2.05. The van der Waals surface area contributed by atoms with Gasteiger partial charge in [-0.15, -0.1) is 0 Å². The number of hydrogen-bond donors (Lipinski definition) is 2. The minimum Gasteiger partial charge on any atom is -0.481 e. The molecule has 0 amide bonds. The molecule has 0 aliphatic carbocycles. The third-order valence-electron chi connectivity index (χ3n) is 2.11. The van der Waals surface area contributed by atoms with E-state index in [4.69, 9.17) is 9.90 Å². The Morgan fingerprint density at radius 2 is 1.60 bits per heavy atom. The first-order chi connectivity index (χ1) is 7.04. The van der Waals surface area contributed by atoms with E-state index in [2.05, 4.69) is 6.92 Å². The normalized spacial score (nSPS) is 11.5. The van der Waals surface area contributed by atoms with Crippen molar-refractivity contribution >= 4 is 5.97 Å². The first-order valence-corrected chi connectivity index (χ1v) is 5.92. The number of hydrogen-bond acceptors (Lipinski definition) is 2. The van der Waals surface area contributed by atoms with E-state index in [9.17, 15) is 5.11 Å². The maximum atomic E-state index is 9.21. The number of carboxylic acid groups (broad SMARTS) is 1. The van der Waals surface area contributed by atoms with Crippen molar-refractivity contribution in [1.29, 1.82) is 0 Å². The zero-order valence-corrected chi connectivity index (χ0v) is 10.3. The molecule has 0 bridgehead atoms. The van der Waals surface area contributed by atoms with Crippen molar-refractivity contribution in [3.05, 3.63) is 0 Å². The van der Waals surface area contributed by atoms with Gasteiger partial charge in [0.05, 0.1) is 6.10 Å². The second-order valence-corrected chi connectivity index (χ2v) is 3.78. The van der Waals surface area contributed by atoms with Crippen LogP contribution in [0, 0.1) is 0 Å². The van der Waals surface area contributed by atoms with Gasteiger partial charge in [0.2, 0.25) is 0 Å². The number of aliphatic carboxylic acids is 1. The molecule has 92 valence electrons. The Morgan fingerprint density at radius 1 is 1.13 bits per heavy atom. The predicted molar refractivity (Wildman–Crippen MR) is 63.0 cm³/mol. The summed E-state index contributed by atoms with van der Waals surface area (Å²) >= 11 is 0. The first-order valence-electron chi connectivity index (χ1n) is 5.92. The fourth-order valence-corrected chi connectivity index (χ4v) is 1.19. The average Bonchev–Trinajstić information content (AvgIpc) is 2.16. The molecule has 0 aliphatic rings. The van der Waals surface area contributed by atoms with Crippen LogP contribution in [0.2, 0.25) is 0 Å². The molecule has 0 heterocycles. The third kappa shape index (κ3) is 24.7. The molecular formula is C12H26O3. The highest BCUT2D eigenvalue weighted by Gasteiger charge is 1.98. The second kappa shape index (κ2) is 13.4. The molecule has 0 saturated carbocycles. The van der Waals surface area contributed by atoms with Crippen LogP contribution in [-0.2, 0) is 4.79 Å². The number of carbonyl (C=O) groups is 1. The SMILES string of the molecule is CC(=O)O.CCCCCCCC(O)CC. The van der Waals surface area contributed by atoms with Crippen molar-refractivity contribution in [2.24, 2.45) is 0 Å². The molecule has 0 aromatic carbocycles. The van der Waals surface area contributed by atoms with Crippen molar-refractivity contribution in [1.82, 2.24) is 0 Å². The van der Waals surface area contributed by atoms with Gasteiger partial charge in [0.25, 0.3) is 5.97 Å². The molecule has 0 aromatic heterocycles. The van der Waals surface area contributed by atoms with Crippen LogP contribution in [0.4, 0.5) is 0 Å². The Balaban J connectivity index is 0. The van der Waals surface area contributed by atoms with E-state index >= 15 is 0 Å². The molecule has 0 rings (SSSR count). The van der Waals surface area contributed by atoms with E-state index in [1.54, 1.807) is 0 Å². The molecule has 1 atom stereocenters. The highest BCUT2D eigenvalue weighted by molar-refractivity contribution is 5.62. The zero-order valence-electron chi connectivity index (χ0n) is 10.3. The third-order valence-corrected chi connectivity index (χ3v) is 2.11. The molecule has 0 aromatic rings. The molecule has 0 aliphatic heterocycles. The summed E-state index contributed by atoms with van der Waals surface area (Å²) in [4.78, 5) is 9.00. The Hall–Kier alpha value is -0.570. The number of aliphatic hydroxyl groups is 1. The summed E-state index contributed by atoms with van der Waals surface area (Å²) in [6.07, 6.45) is 8.36. The van der Waals surface area contributed by atoms with Crippen molar-refractivity contribution in [2.45, 2.75) is 71.8 Å². The number of rotatable bonds is 7. The van der Waals surface area contributed by atoms with Crippen LogP contribution in [0.3, 0.4) is 0 Å². The molecule has 3 heteroatoms. The maximum absolute atomic E-state index is 9.21. The van der Waals surface area contributed by atoms with E-state index in [0.717, 1.165) is 19.8 Å². The van der Waals surface area contributed by atoms with E-state index in [1.807, 2.05) is 6.92 Å². The zero-order chi connectivity index (χ0) is 12.1. The number of unbranched alkanes of at least 4 members (excludes halogenated alkanes) is 4. The highest BCUT2D eigenvalue weighted by Crippen LogP contribution is 2.08. The van der Waals surface area contributed by atoms with E-state index < -0.39 is 5.97 Å². The van der Waals surface area contributed by atoms with Crippen molar-refractivity contribution in [3.8, 4) is 0 Å². The van der Waals surface area contributed by atoms with Gasteiger partial charge in [0.15, 0.2) is 0 Å². The van der Waals surface area contributed by atoms with Crippen molar-refractivity contribution < 1.29 is 15.0 Å². The average molecular weight is 218 g/mol. The highest BCUT2D eigenvalue weighted by atomic mass is 16.4. The Labute approximate surface area is 93.5 Å². The summed E-state index contributed by atoms with van der Waals surface area (Å²) in [6.45, 7) is 5.34. The lowest BCUT2D eigenvalue weighted by atomic mass is 10.1. The lowest BCUT2D eigenvalue weighted by molar-refractivity contribution is -0.134. The summed E-state index contributed by atoms with van der Waals surface area (Å²) in [5, 5.41) is 16.6. The summed E-state index contributed by atoms with van der Waals surface area (Å²) in [5.41, 5.74) is 0. The van der Waals surface area contributed by atoms with Gasteiger partial charge < -0.3 is 10.2 Å². The van der Waals surface area contributed by atoms with Crippen LogP contribution < -0.4 is 0 Å². The van der Waals surface area contributed by atoms with Gasteiger partial charge in [0.1, 0.15) is 0 Å². The van der Waals surface area contributed by atoms with Crippen LogP contribution in [0.1, 0.15) is 65.7 Å². The van der Waals surface area contributed by atoms with Crippen LogP contribution in [-0.4, -0.2) is 22.3 Å². The standard InChI is InChI=1S/C10H22O.C2H4O2/c1-3-5-6-7-8-9-10(11)4-2;1-2(3)4/h10-11H,3-9H2,1-2H3;1H3,(H,3,4). The van der Waals surface area contributed by atoms with Gasteiger partial charge >= 0.3 is 0 Å². The van der Waals surface area contributed by atoms with Gasteiger partial charge in [-0.1, -0.05) is 46.0 Å². The number of aliphatic hydroxyl groups excluding tert-OH is 1. The number of carboxylic acids is 1. The quantitative estimate of drug-likeness (QED) is 0.645. The molecule has 2 N–H and O–H groups in total. The topological polar surface area (TPSA) is 57.5 Å². The van der Waals surface area contributed by atoms with Crippen LogP contribution in [0.25, 0.3) is 0 Å². The molecular weight excluding hydrogens is 192 g/mol. The van der Waals surface area contributed by atoms with Crippen molar-refractivity contribution in [3.63, 3.8) is 0 Å². The molecule has 0 spiro atoms. The Morgan fingerprint density at radius 3 is 2.00 bits per heavy atom. The summed E-state index contributed by atoms with van der Waals surface area (Å²) < 4.78 is 0. The van der Waals surface area contributed by atoms with E-state index in [0.29, 0.717) is 0 Å². The lowest BCUT2D eigenvalue weighted by Crippen LogP contribution is -2.03. The molecule has 15 heavy (non-hydrogen) atoms. The van der Waals surface area contributed by atoms with Gasteiger partial charge in [-0.2, -0.15) is 0 Å². The minimum absolute atomic E-state index is 0.0448. The first kappa shape index (κ1) is 16.8. The minimum atomic E-state index is -0.833. The van der Waals surface area contributed by atoms with Crippen LogP contribution in [0.15, 0.2) is 0 Å².